The normalized spacial score (nSPS) is 15.1. The van der Waals surface area contributed by atoms with Crippen molar-refractivity contribution >= 4 is 5.69 Å². The van der Waals surface area contributed by atoms with E-state index >= 15 is 0 Å². The van der Waals surface area contributed by atoms with Gasteiger partial charge in [0.25, 0.3) is 0 Å². The molecule has 1 fully saturated rings. The Balaban J connectivity index is 1.65. The molecule has 1 saturated heterocycles. The molecular formula is C15H18N4O. The first kappa shape index (κ1) is 12.9. The van der Waals surface area contributed by atoms with Gasteiger partial charge in [0.1, 0.15) is 12.4 Å². The lowest BCUT2D eigenvalue weighted by molar-refractivity contribution is 0.296. The van der Waals surface area contributed by atoms with Crippen molar-refractivity contribution in [2.75, 3.05) is 31.1 Å². The van der Waals surface area contributed by atoms with E-state index in [2.05, 4.69) is 32.3 Å². The summed E-state index contributed by atoms with van der Waals surface area (Å²) in [7, 11) is 0. The number of hydrogen-bond acceptors (Lipinski definition) is 5. The Hall–Kier alpha value is -2.14. The number of benzene rings is 1. The maximum atomic E-state index is 5.76. The lowest BCUT2D eigenvalue weighted by Gasteiger charge is -2.29. The Morgan fingerprint density at radius 2 is 1.90 bits per heavy atom. The largest absolute Gasteiger partial charge is 0.486 e. The van der Waals surface area contributed by atoms with Crippen molar-refractivity contribution < 1.29 is 4.74 Å². The van der Waals surface area contributed by atoms with E-state index in [1.165, 1.54) is 5.69 Å². The van der Waals surface area contributed by atoms with Crippen LogP contribution in [0.5, 0.6) is 5.75 Å². The molecule has 0 aliphatic carbocycles. The number of hydrogen-bond donors (Lipinski definition) is 1. The van der Waals surface area contributed by atoms with Crippen LogP contribution in [0.2, 0.25) is 0 Å². The molecule has 1 aromatic heterocycles. The molecule has 5 nitrogen and oxygen atoms in total. The van der Waals surface area contributed by atoms with E-state index < -0.39 is 0 Å². The van der Waals surface area contributed by atoms with E-state index in [9.17, 15) is 0 Å². The first-order chi connectivity index (χ1) is 9.92. The van der Waals surface area contributed by atoms with Crippen LogP contribution >= 0.6 is 0 Å². The smallest absolute Gasteiger partial charge is 0.166 e. The van der Waals surface area contributed by atoms with Crippen LogP contribution in [-0.2, 0) is 6.61 Å². The van der Waals surface area contributed by atoms with Crippen molar-refractivity contribution in [1.29, 1.82) is 0 Å². The minimum Gasteiger partial charge on any atom is -0.486 e. The fourth-order valence-electron chi connectivity index (χ4n) is 2.25. The zero-order chi connectivity index (χ0) is 13.6. The summed E-state index contributed by atoms with van der Waals surface area (Å²) in [5.41, 5.74) is 1.21. The number of ether oxygens (including phenoxy) is 1. The van der Waals surface area contributed by atoms with E-state index in [1.54, 1.807) is 18.5 Å². The van der Waals surface area contributed by atoms with Crippen LogP contribution in [0.25, 0.3) is 0 Å². The zero-order valence-electron chi connectivity index (χ0n) is 11.3. The average molecular weight is 270 g/mol. The minimum atomic E-state index is 0.395. The van der Waals surface area contributed by atoms with Crippen LogP contribution in [-0.4, -0.2) is 36.1 Å². The summed E-state index contributed by atoms with van der Waals surface area (Å²) in [4.78, 5) is 10.7. The molecule has 0 amide bonds. The molecule has 1 N–H and O–H groups in total. The lowest BCUT2D eigenvalue weighted by atomic mass is 10.2. The second-order valence-corrected chi connectivity index (χ2v) is 4.69. The molecule has 104 valence electrons. The van der Waals surface area contributed by atoms with Gasteiger partial charge in [0.15, 0.2) is 5.82 Å². The number of anilines is 1. The van der Waals surface area contributed by atoms with Crippen LogP contribution < -0.4 is 15.0 Å². The number of nitrogens with one attached hydrogen (secondary N) is 1. The van der Waals surface area contributed by atoms with E-state index in [0.29, 0.717) is 12.4 Å². The highest BCUT2D eigenvalue weighted by molar-refractivity contribution is 5.51. The molecule has 5 heteroatoms. The quantitative estimate of drug-likeness (QED) is 0.911. The van der Waals surface area contributed by atoms with Gasteiger partial charge in [-0.1, -0.05) is 6.07 Å². The fourth-order valence-corrected chi connectivity index (χ4v) is 2.25. The molecule has 2 aromatic rings. The van der Waals surface area contributed by atoms with Gasteiger partial charge in [-0.15, -0.1) is 0 Å². The molecule has 0 radical (unpaired) electrons. The number of rotatable bonds is 4. The third-order valence-electron chi connectivity index (χ3n) is 3.29. The van der Waals surface area contributed by atoms with Crippen molar-refractivity contribution in [2.45, 2.75) is 6.61 Å². The summed E-state index contributed by atoms with van der Waals surface area (Å²) in [6.45, 7) is 4.52. The molecule has 1 aliphatic rings. The highest BCUT2D eigenvalue weighted by atomic mass is 16.5. The number of piperazine rings is 1. The predicted octanol–water partition coefficient (Wildman–Crippen LogP) is 1.47. The molecule has 0 unspecified atom stereocenters. The summed E-state index contributed by atoms with van der Waals surface area (Å²) in [6, 6.07) is 9.99. The molecular weight excluding hydrogens is 252 g/mol. The van der Waals surface area contributed by atoms with Crippen LogP contribution in [0.4, 0.5) is 5.69 Å². The molecule has 1 aliphatic heterocycles. The van der Waals surface area contributed by atoms with Crippen molar-refractivity contribution in [2.24, 2.45) is 0 Å². The third-order valence-corrected chi connectivity index (χ3v) is 3.29. The molecule has 0 atom stereocenters. The maximum absolute atomic E-state index is 5.76. The number of aromatic nitrogens is 2. The first-order valence-corrected chi connectivity index (χ1v) is 6.86. The average Bonchev–Trinajstić information content (AvgIpc) is 2.55. The van der Waals surface area contributed by atoms with Gasteiger partial charge in [0.05, 0.1) is 0 Å². The van der Waals surface area contributed by atoms with Gasteiger partial charge in [-0.2, -0.15) is 0 Å². The van der Waals surface area contributed by atoms with Gasteiger partial charge in [-0.05, 0) is 18.2 Å². The van der Waals surface area contributed by atoms with Crippen molar-refractivity contribution in [3.63, 3.8) is 0 Å². The summed E-state index contributed by atoms with van der Waals surface area (Å²) in [6.07, 6.45) is 3.45. The molecule has 0 bridgehead atoms. The third kappa shape index (κ3) is 3.24. The monoisotopic (exact) mass is 270 g/mol. The highest BCUT2D eigenvalue weighted by Gasteiger charge is 2.10. The molecule has 0 saturated carbocycles. The topological polar surface area (TPSA) is 50.3 Å². The van der Waals surface area contributed by atoms with Crippen LogP contribution in [0.1, 0.15) is 5.82 Å². The first-order valence-electron chi connectivity index (χ1n) is 6.86. The Morgan fingerprint density at radius 1 is 1.10 bits per heavy atom. The van der Waals surface area contributed by atoms with Crippen LogP contribution in [0, 0.1) is 0 Å². The Kier molecular flexibility index (Phi) is 4.08. The SMILES string of the molecule is c1cnc(COc2cccc(N3CCNCC3)c2)nc1. The van der Waals surface area contributed by atoms with E-state index in [-0.39, 0.29) is 0 Å². The minimum absolute atomic E-state index is 0.395. The highest BCUT2D eigenvalue weighted by Crippen LogP contribution is 2.22. The maximum Gasteiger partial charge on any atom is 0.166 e. The van der Waals surface area contributed by atoms with Gasteiger partial charge in [0.2, 0.25) is 0 Å². The van der Waals surface area contributed by atoms with E-state index in [0.717, 1.165) is 31.9 Å². The molecule has 20 heavy (non-hydrogen) atoms. The standard InChI is InChI=1S/C15H18N4O/c1-3-13(19-9-7-16-8-10-19)11-14(4-1)20-12-15-17-5-2-6-18-15/h1-6,11,16H,7-10,12H2. The van der Waals surface area contributed by atoms with Gasteiger partial charge >= 0.3 is 0 Å². The van der Waals surface area contributed by atoms with Crippen LogP contribution in [0.15, 0.2) is 42.7 Å². The molecule has 0 spiro atoms. The number of nitrogens with zero attached hydrogens (tertiary/aromatic N) is 3. The van der Waals surface area contributed by atoms with Crippen LogP contribution in [0.3, 0.4) is 0 Å². The fraction of sp³-hybridized carbons (Fsp3) is 0.333. The summed E-state index contributed by atoms with van der Waals surface area (Å²) < 4.78 is 5.76. The zero-order valence-corrected chi connectivity index (χ0v) is 11.3. The molecule has 1 aromatic carbocycles. The van der Waals surface area contributed by atoms with Crippen molar-refractivity contribution in [3.05, 3.63) is 48.5 Å². The van der Waals surface area contributed by atoms with Gasteiger partial charge in [-0.3, -0.25) is 0 Å². The van der Waals surface area contributed by atoms with Crippen molar-refractivity contribution in [1.82, 2.24) is 15.3 Å². The second kappa shape index (κ2) is 6.34. The Morgan fingerprint density at radius 3 is 2.70 bits per heavy atom. The Bertz CT molecular complexity index is 541. The molecule has 3 rings (SSSR count). The predicted molar refractivity (Wildman–Crippen MR) is 77.9 cm³/mol. The van der Waals surface area contributed by atoms with Gasteiger partial charge in [0, 0.05) is 50.3 Å². The summed E-state index contributed by atoms with van der Waals surface area (Å²) in [5.74, 6) is 1.55. The summed E-state index contributed by atoms with van der Waals surface area (Å²) >= 11 is 0. The Labute approximate surface area is 118 Å². The van der Waals surface area contributed by atoms with Gasteiger partial charge < -0.3 is 15.0 Å². The van der Waals surface area contributed by atoms with Gasteiger partial charge in [-0.25, -0.2) is 9.97 Å². The van der Waals surface area contributed by atoms with Crippen molar-refractivity contribution in [3.8, 4) is 5.75 Å². The van der Waals surface area contributed by atoms with E-state index in [4.69, 9.17) is 4.74 Å². The summed E-state index contributed by atoms with van der Waals surface area (Å²) in [5, 5.41) is 3.36. The van der Waals surface area contributed by atoms with E-state index in [1.807, 2.05) is 12.1 Å². The lowest BCUT2D eigenvalue weighted by Crippen LogP contribution is -2.43. The molecule has 2 heterocycles. The second-order valence-electron chi connectivity index (χ2n) is 4.69.